The lowest BCUT2D eigenvalue weighted by atomic mass is 9.94. The van der Waals surface area contributed by atoms with Crippen LogP contribution in [0.5, 0.6) is 0 Å². The summed E-state index contributed by atoms with van der Waals surface area (Å²) in [6.07, 6.45) is -1.46. The van der Waals surface area contributed by atoms with E-state index in [0.29, 0.717) is 5.56 Å². The second-order valence-electron chi connectivity index (χ2n) is 10.9. The average Bonchev–Trinajstić information content (AvgIpc) is 2.74. The van der Waals surface area contributed by atoms with Crippen molar-refractivity contribution in [3.63, 3.8) is 0 Å². The summed E-state index contributed by atoms with van der Waals surface area (Å²) < 4.78 is 10.2. The topological polar surface area (TPSA) is 157 Å². The standard InChI is InChI=1S/C27H42N4O7/c1-9-37-21(33)13-14-29-23(34)22(18-12-10-11-17(2)15-18)31(26(3,4)5)24(35)19(16-20(28)32)30-25(36)38-27(6,7)8/h10-12,15,19,22H,9,13-14,16H2,1-8H3,(H2,28,32)(H,29,34)(H,30,36). The van der Waals surface area contributed by atoms with Crippen molar-refractivity contribution in [3.05, 3.63) is 35.4 Å². The zero-order valence-corrected chi connectivity index (χ0v) is 23.7. The van der Waals surface area contributed by atoms with Crippen molar-refractivity contribution in [2.45, 2.75) is 91.5 Å². The van der Waals surface area contributed by atoms with Crippen LogP contribution in [0, 0.1) is 6.92 Å². The first-order valence-electron chi connectivity index (χ1n) is 12.6. The van der Waals surface area contributed by atoms with Crippen molar-refractivity contribution >= 4 is 29.8 Å². The van der Waals surface area contributed by atoms with Gasteiger partial charge in [0.2, 0.25) is 17.7 Å². The molecule has 0 aromatic heterocycles. The summed E-state index contributed by atoms with van der Waals surface area (Å²) in [6.45, 7) is 13.9. The van der Waals surface area contributed by atoms with Gasteiger partial charge in [0.05, 0.1) is 19.4 Å². The smallest absolute Gasteiger partial charge is 0.408 e. The summed E-state index contributed by atoms with van der Waals surface area (Å²) in [5.74, 6) is -2.53. The molecule has 0 aliphatic heterocycles. The molecule has 2 atom stereocenters. The predicted octanol–water partition coefficient (Wildman–Crippen LogP) is 2.50. The van der Waals surface area contributed by atoms with E-state index in [9.17, 15) is 24.0 Å². The first-order chi connectivity index (χ1) is 17.5. The highest BCUT2D eigenvalue weighted by atomic mass is 16.6. The molecule has 11 heteroatoms. The maximum Gasteiger partial charge on any atom is 0.408 e. The molecule has 0 radical (unpaired) electrons. The maximum absolute atomic E-state index is 14.0. The van der Waals surface area contributed by atoms with Crippen molar-refractivity contribution in [1.82, 2.24) is 15.5 Å². The molecule has 0 saturated heterocycles. The molecule has 38 heavy (non-hydrogen) atoms. The molecule has 4 N–H and O–H groups in total. The van der Waals surface area contributed by atoms with Gasteiger partial charge in [-0.1, -0.05) is 29.8 Å². The molecule has 0 aliphatic carbocycles. The fourth-order valence-electron chi connectivity index (χ4n) is 3.74. The third-order valence-electron chi connectivity index (χ3n) is 5.15. The monoisotopic (exact) mass is 534 g/mol. The molecule has 0 bridgehead atoms. The van der Waals surface area contributed by atoms with E-state index < -0.39 is 59.4 Å². The molecule has 1 aromatic carbocycles. The summed E-state index contributed by atoms with van der Waals surface area (Å²) in [5.41, 5.74) is 4.97. The molecule has 212 valence electrons. The van der Waals surface area contributed by atoms with Crippen LogP contribution in [0.1, 0.15) is 78.5 Å². The van der Waals surface area contributed by atoms with Crippen molar-refractivity contribution in [1.29, 1.82) is 0 Å². The SMILES string of the molecule is CCOC(=O)CCNC(=O)C(c1cccc(C)c1)N(C(=O)C(CC(N)=O)NC(=O)OC(C)(C)C)C(C)(C)C. The molecule has 0 fully saturated rings. The van der Waals surface area contributed by atoms with Crippen LogP contribution in [0.4, 0.5) is 4.79 Å². The molecule has 4 amide bonds. The number of aryl methyl sites for hydroxylation is 1. The maximum atomic E-state index is 14.0. The summed E-state index contributed by atoms with van der Waals surface area (Å²) >= 11 is 0. The van der Waals surface area contributed by atoms with E-state index in [0.717, 1.165) is 5.56 Å². The normalized spacial score (nSPS) is 13.1. The van der Waals surface area contributed by atoms with Crippen molar-refractivity contribution in [2.24, 2.45) is 5.73 Å². The second kappa shape index (κ2) is 13.8. The number of primary amides is 1. The van der Waals surface area contributed by atoms with Gasteiger partial charge in [0, 0.05) is 12.1 Å². The minimum Gasteiger partial charge on any atom is -0.466 e. The zero-order chi connectivity index (χ0) is 29.3. The molecule has 2 unspecified atom stereocenters. The summed E-state index contributed by atoms with van der Waals surface area (Å²) in [5, 5.41) is 5.15. The molecule has 0 spiro atoms. The number of nitrogens with one attached hydrogen (secondary N) is 2. The molecule has 1 aromatic rings. The number of hydrogen-bond donors (Lipinski definition) is 3. The van der Waals surface area contributed by atoms with Gasteiger partial charge in [-0.2, -0.15) is 0 Å². The van der Waals surface area contributed by atoms with E-state index >= 15 is 0 Å². The van der Waals surface area contributed by atoms with Gasteiger partial charge in [-0.15, -0.1) is 0 Å². The summed E-state index contributed by atoms with van der Waals surface area (Å²) in [7, 11) is 0. The molecule has 11 nitrogen and oxygen atoms in total. The van der Waals surface area contributed by atoms with Crippen LogP contribution >= 0.6 is 0 Å². The Morgan fingerprint density at radius 2 is 1.68 bits per heavy atom. The van der Waals surface area contributed by atoms with Crippen LogP contribution in [0.3, 0.4) is 0 Å². The Kier molecular flexibility index (Phi) is 11.8. The van der Waals surface area contributed by atoms with Crippen LogP contribution in [-0.4, -0.2) is 65.0 Å². The van der Waals surface area contributed by atoms with Gasteiger partial charge < -0.3 is 30.7 Å². The number of ether oxygens (including phenoxy) is 2. The Hall–Kier alpha value is -3.63. The van der Waals surface area contributed by atoms with Gasteiger partial charge in [-0.3, -0.25) is 19.2 Å². The Labute approximate surface area is 224 Å². The summed E-state index contributed by atoms with van der Waals surface area (Å²) in [4.78, 5) is 65.0. The van der Waals surface area contributed by atoms with Crippen molar-refractivity contribution in [2.75, 3.05) is 13.2 Å². The molecular weight excluding hydrogens is 492 g/mol. The number of carbonyl (C=O) groups is 5. The highest BCUT2D eigenvalue weighted by Gasteiger charge is 2.42. The molecule has 0 aliphatic rings. The zero-order valence-electron chi connectivity index (χ0n) is 23.7. The number of nitrogens with zero attached hydrogens (tertiary/aromatic N) is 1. The van der Waals surface area contributed by atoms with Gasteiger partial charge >= 0.3 is 12.1 Å². The predicted molar refractivity (Wildman–Crippen MR) is 142 cm³/mol. The Morgan fingerprint density at radius 3 is 2.18 bits per heavy atom. The Balaban J connectivity index is 3.48. The lowest BCUT2D eigenvalue weighted by Crippen LogP contribution is -2.59. The van der Waals surface area contributed by atoms with Gasteiger partial charge in [0.15, 0.2) is 0 Å². The first-order valence-corrected chi connectivity index (χ1v) is 12.6. The van der Waals surface area contributed by atoms with Crippen LogP contribution in [0.25, 0.3) is 0 Å². The Morgan fingerprint density at radius 1 is 1.05 bits per heavy atom. The third kappa shape index (κ3) is 10.8. The first kappa shape index (κ1) is 32.4. The summed E-state index contributed by atoms with van der Waals surface area (Å²) in [6, 6.07) is 4.55. The van der Waals surface area contributed by atoms with E-state index in [-0.39, 0.29) is 19.6 Å². The minimum absolute atomic E-state index is 0.00692. The van der Waals surface area contributed by atoms with Crippen LogP contribution in [0.2, 0.25) is 0 Å². The lowest BCUT2D eigenvalue weighted by molar-refractivity contribution is -0.149. The van der Waals surface area contributed by atoms with E-state index in [1.54, 1.807) is 66.7 Å². The van der Waals surface area contributed by atoms with Crippen LogP contribution in [0.15, 0.2) is 24.3 Å². The van der Waals surface area contributed by atoms with Gasteiger partial charge in [-0.05, 0) is 61.0 Å². The number of nitrogens with two attached hydrogens (primary N) is 1. The van der Waals surface area contributed by atoms with Gasteiger partial charge in [0.1, 0.15) is 17.7 Å². The average molecular weight is 535 g/mol. The van der Waals surface area contributed by atoms with Crippen LogP contribution in [-0.2, 0) is 28.7 Å². The van der Waals surface area contributed by atoms with Crippen LogP contribution < -0.4 is 16.4 Å². The number of alkyl carbamates (subject to hydrolysis) is 1. The fraction of sp³-hybridized carbons (Fsp3) is 0.593. The second-order valence-corrected chi connectivity index (χ2v) is 10.9. The molecule has 0 heterocycles. The number of amides is 4. The fourth-order valence-corrected chi connectivity index (χ4v) is 3.74. The van der Waals surface area contributed by atoms with Gasteiger partial charge in [0.25, 0.3) is 0 Å². The quantitative estimate of drug-likeness (QED) is 0.368. The number of benzene rings is 1. The van der Waals surface area contributed by atoms with E-state index in [2.05, 4.69) is 10.6 Å². The van der Waals surface area contributed by atoms with Crippen molar-refractivity contribution in [3.8, 4) is 0 Å². The highest BCUT2D eigenvalue weighted by Crippen LogP contribution is 2.31. The number of hydrogen-bond acceptors (Lipinski definition) is 7. The molecule has 0 saturated carbocycles. The lowest BCUT2D eigenvalue weighted by Gasteiger charge is -2.43. The van der Waals surface area contributed by atoms with E-state index in [4.69, 9.17) is 15.2 Å². The minimum atomic E-state index is -1.39. The number of carbonyl (C=O) groups excluding carboxylic acids is 5. The van der Waals surface area contributed by atoms with Gasteiger partial charge in [-0.25, -0.2) is 4.79 Å². The number of esters is 1. The Bertz CT molecular complexity index is 1010. The van der Waals surface area contributed by atoms with E-state index in [1.165, 1.54) is 4.90 Å². The molecular formula is C27H42N4O7. The van der Waals surface area contributed by atoms with Crippen molar-refractivity contribution < 1.29 is 33.4 Å². The molecule has 1 rings (SSSR count). The highest BCUT2D eigenvalue weighted by molar-refractivity contribution is 5.95. The largest absolute Gasteiger partial charge is 0.466 e. The van der Waals surface area contributed by atoms with E-state index in [1.807, 2.05) is 13.0 Å². The number of rotatable bonds is 11. The third-order valence-corrected chi connectivity index (χ3v) is 5.15.